The molecule has 2 aliphatic rings. The fourth-order valence-corrected chi connectivity index (χ4v) is 4.12. The number of hydrogen-bond acceptors (Lipinski definition) is 2. The molecule has 1 heterocycles. The van der Waals surface area contributed by atoms with E-state index in [1.54, 1.807) is 0 Å². The second-order valence-electron chi connectivity index (χ2n) is 9.29. The van der Waals surface area contributed by atoms with Gasteiger partial charge in [-0.1, -0.05) is 53.9 Å². The van der Waals surface area contributed by atoms with E-state index in [0.717, 1.165) is 12.0 Å². The van der Waals surface area contributed by atoms with Crippen LogP contribution in [0.5, 0.6) is 0 Å². The first-order valence-corrected chi connectivity index (χ1v) is 9.29. The van der Waals surface area contributed by atoms with Crippen LogP contribution >= 0.6 is 0 Å². The van der Waals surface area contributed by atoms with Crippen LogP contribution in [0, 0.1) is 11.3 Å². The maximum atomic E-state index is 3.98. The summed E-state index contributed by atoms with van der Waals surface area (Å²) in [4.78, 5) is 2.84. The van der Waals surface area contributed by atoms with Crippen LogP contribution in [0.25, 0.3) is 0 Å². The number of hydrogen-bond donors (Lipinski definition) is 1. The Hall–Kier alpha value is -0.0800. The predicted octanol–water partition coefficient (Wildman–Crippen LogP) is 4.45. The second-order valence-corrected chi connectivity index (χ2v) is 9.29. The topological polar surface area (TPSA) is 15.3 Å². The molecule has 0 aromatic rings. The molecular formula is C19H38N2. The van der Waals surface area contributed by atoms with E-state index >= 15 is 0 Å². The Morgan fingerprint density at radius 3 is 2.38 bits per heavy atom. The van der Waals surface area contributed by atoms with Crippen LogP contribution in [0.15, 0.2) is 0 Å². The van der Waals surface area contributed by atoms with E-state index in [9.17, 15) is 0 Å². The zero-order chi connectivity index (χ0) is 15.5. The Morgan fingerprint density at radius 2 is 1.81 bits per heavy atom. The van der Waals surface area contributed by atoms with Gasteiger partial charge in [-0.25, -0.2) is 0 Å². The van der Waals surface area contributed by atoms with Gasteiger partial charge in [-0.15, -0.1) is 0 Å². The molecule has 1 unspecified atom stereocenters. The van der Waals surface area contributed by atoms with Crippen molar-refractivity contribution in [2.45, 2.75) is 91.1 Å². The van der Waals surface area contributed by atoms with Crippen LogP contribution in [0.3, 0.4) is 0 Å². The Labute approximate surface area is 133 Å². The third kappa shape index (κ3) is 5.25. The van der Waals surface area contributed by atoms with Crippen molar-refractivity contribution < 1.29 is 0 Å². The summed E-state index contributed by atoms with van der Waals surface area (Å²) in [6.07, 6.45) is 9.75. The zero-order valence-electron chi connectivity index (χ0n) is 15.2. The van der Waals surface area contributed by atoms with Crippen molar-refractivity contribution in [2.24, 2.45) is 11.3 Å². The number of nitrogens with zero attached hydrogens (tertiary/aromatic N) is 1. The molecule has 1 aliphatic heterocycles. The predicted molar refractivity (Wildman–Crippen MR) is 92.7 cm³/mol. The van der Waals surface area contributed by atoms with Crippen molar-refractivity contribution in [1.82, 2.24) is 10.2 Å². The fraction of sp³-hybridized carbons (Fsp3) is 1.00. The van der Waals surface area contributed by atoms with Gasteiger partial charge in [0.25, 0.3) is 0 Å². The smallest absolute Gasteiger partial charge is 0.0309 e. The Morgan fingerprint density at radius 1 is 1.14 bits per heavy atom. The molecule has 1 N–H and O–H groups in total. The molecule has 0 aromatic heterocycles. The van der Waals surface area contributed by atoms with Crippen molar-refractivity contribution in [2.75, 3.05) is 19.6 Å². The van der Waals surface area contributed by atoms with Crippen molar-refractivity contribution in [1.29, 1.82) is 0 Å². The molecule has 0 radical (unpaired) electrons. The van der Waals surface area contributed by atoms with Gasteiger partial charge < -0.3 is 5.32 Å². The van der Waals surface area contributed by atoms with Gasteiger partial charge >= 0.3 is 0 Å². The number of piperazine rings is 1. The first kappa shape index (κ1) is 17.3. The van der Waals surface area contributed by atoms with Crippen LogP contribution < -0.4 is 5.32 Å². The van der Waals surface area contributed by atoms with E-state index in [2.05, 4.69) is 44.8 Å². The molecule has 124 valence electrons. The monoisotopic (exact) mass is 294 g/mol. The van der Waals surface area contributed by atoms with Gasteiger partial charge in [0, 0.05) is 24.7 Å². The SMILES string of the molecule is CC(C)CC1CNC2(CCCCC2)CN1CCC(C)(C)C. The molecule has 0 bridgehead atoms. The summed E-state index contributed by atoms with van der Waals surface area (Å²) in [5.74, 6) is 0.800. The van der Waals surface area contributed by atoms with Crippen molar-refractivity contribution in [3.8, 4) is 0 Å². The van der Waals surface area contributed by atoms with Gasteiger partial charge in [-0.3, -0.25) is 4.90 Å². The van der Waals surface area contributed by atoms with E-state index in [0.29, 0.717) is 11.0 Å². The lowest BCUT2D eigenvalue weighted by Gasteiger charge is -2.50. The Balaban J connectivity index is 2.00. The zero-order valence-corrected chi connectivity index (χ0v) is 15.2. The van der Waals surface area contributed by atoms with Crippen LogP contribution in [0.4, 0.5) is 0 Å². The van der Waals surface area contributed by atoms with Crippen LogP contribution in [-0.4, -0.2) is 36.1 Å². The van der Waals surface area contributed by atoms with Crippen molar-refractivity contribution >= 4 is 0 Å². The van der Waals surface area contributed by atoms with Gasteiger partial charge in [-0.05, 0) is 43.6 Å². The highest BCUT2D eigenvalue weighted by molar-refractivity contribution is 5.00. The third-order valence-corrected chi connectivity index (χ3v) is 5.44. The van der Waals surface area contributed by atoms with Crippen molar-refractivity contribution in [3.63, 3.8) is 0 Å². The second kappa shape index (κ2) is 7.00. The van der Waals surface area contributed by atoms with E-state index in [1.807, 2.05) is 0 Å². The molecule has 1 saturated carbocycles. The molecule has 2 rings (SSSR count). The molecule has 2 fully saturated rings. The fourth-order valence-electron chi connectivity index (χ4n) is 4.12. The summed E-state index contributed by atoms with van der Waals surface area (Å²) in [6, 6.07) is 0.750. The van der Waals surface area contributed by atoms with Gasteiger partial charge in [0.05, 0.1) is 0 Å². The molecule has 21 heavy (non-hydrogen) atoms. The summed E-state index contributed by atoms with van der Waals surface area (Å²) in [6.45, 7) is 15.7. The van der Waals surface area contributed by atoms with E-state index < -0.39 is 0 Å². The van der Waals surface area contributed by atoms with Crippen LogP contribution in [0.1, 0.15) is 79.6 Å². The van der Waals surface area contributed by atoms with Gasteiger partial charge in [-0.2, -0.15) is 0 Å². The van der Waals surface area contributed by atoms with Gasteiger partial charge in [0.2, 0.25) is 0 Å². The van der Waals surface area contributed by atoms with Gasteiger partial charge in [0.1, 0.15) is 0 Å². The minimum absolute atomic E-state index is 0.448. The van der Waals surface area contributed by atoms with Crippen LogP contribution in [-0.2, 0) is 0 Å². The lowest BCUT2D eigenvalue weighted by Crippen LogP contribution is -2.65. The maximum absolute atomic E-state index is 3.98. The quantitative estimate of drug-likeness (QED) is 0.824. The first-order chi connectivity index (χ1) is 9.80. The Bertz CT molecular complexity index is 310. The Kier molecular flexibility index (Phi) is 5.76. The molecule has 0 amide bonds. The maximum Gasteiger partial charge on any atom is 0.0309 e. The highest BCUT2D eigenvalue weighted by Crippen LogP contribution is 2.33. The minimum atomic E-state index is 0.448. The molecule has 1 aliphatic carbocycles. The van der Waals surface area contributed by atoms with E-state index in [4.69, 9.17) is 0 Å². The summed E-state index contributed by atoms with van der Waals surface area (Å²) in [7, 11) is 0. The van der Waals surface area contributed by atoms with E-state index in [-0.39, 0.29) is 0 Å². The minimum Gasteiger partial charge on any atom is -0.308 e. The molecule has 1 saturated heterocycles. The van der Waals surface area contributed by atoms with E-state index in [1.165, 1.54) is 64.6 Å². The first-order valence-electron chi connectivity index (χ1n) is 9.29. The van der Waals surface area contributed by atoms with Crippen molar-refractivity contribution in [3.05, 3.63) is 0 Å². The summed E-state index contributed by atoms with van der Waals surface area (Å²) in [5.41, 5.74) is 0.899. The average Bonchev–Trinajstić information content (AvgIpc) is 2.39. The molecule has 2 nitrogen and oxygen atoms in total. The molecule has 1 atom stereocenters. The molecule has 1 spiro atoms. The normalized spacial score (nSPS) is 27.4. The lowest BCUT2D eigenvalue weighted by atomic mass is 9.78. The molecule has 2 heteroatoms. The average molecular weight is 295 g/mol. The standard InChI is InChI=1S/C19H38N2/c1-16(2)13-17-14-20-19(9-7-6-8-10-19)15-21(17)12-11-18(3,4)5/h16-17,20H,6-15H2,1-5H3. The summed E-state index contributed by atoms with van der Waals surface area (Å²) in [5, 5.41) is 3.98. The van der Waals surface area contributed by atoms with Gasteiger partial charge in [0.15, 0.2) is 0 Å². The summed E-state index contributed by atoms with van der Waals surface area (Å²) >= 11 is 0. The highest BCUT2D eigenvalue weighted by Gasteiger charge is 2.39. The summed E-state index contributed by atoms with van der Waals surface area (Å²) < 4.78 is 0. The highest BCUT2D eigenvalue weighted by atomic mass is 15.3. The van der Waals surface area contributed by atoms with Crippen LogP contribution in [0.2, 0.25) is 0 Å². The largest absolute Gasteiger partial charge is 0.308 e. The molecular weight excluding hydrogens is 256 g/mol. The number of rotatable bonds is 4. The molecule has 0 aromatic carbocycles. The number of nitrogens with one attached hydrogen (secondary N) is 1. The third-order valence-electron chi connectivity index (χ3n) is 5.44. The lowest BCUT2D eigenvalue weighted by molar-refractivity contribution is 0.0399.